The number of carboxylic acids is 1. The molecule has 15 heteroatoms. The summed E-state index contributed by atoms with van der Waals surface area (Å²) < 4.78 is 0. The zero-order valence-corrected chi connectivity index (χ0v) is 19.6. The number of carbonyl (C=O) groups is 5. The summed E-state index contributed by atoms with van der Waals surface area (Å²) in [5.74, 6) is -5.17. The van der Waals surface area contributed by atoms with Gasteiger partial charge in [-0.1, -0.05) is 12.1 Å². The molecule has 15 nitrogen and oxygen atoms in total. The van der Waals surface area contributed by atoms with Gasteiger partial charge < -0.3 is 47.7 Å². The third-order valence-electron chi connectivity index (χ3n) is 5.18. The normalized spacial score (nSPS) is 14.0. The van der Waals surface area contributed by atoms with Crippen LogP contribution in [-0.4, -0.2) is 85.7 Å². The maximum atomic E-state index is 13.0. The fraction of sp³-hybridized carbons (Fsp3) is 0.364. The molecule has 0 saturated heterocycles. The maximum Gasteiger partial charge on any atom is 0.328 e. The molecular formula is C22H29N7O8. The Morgan fingerprint density at radius 3 is 2.05 bits per heavy atom. The SMILES string of the molecule is NC(=O)CC(NC(=O)C(N)Cc1cnc[nH]1)C(=O)NC(Cc1ccc(O)cc1)C(=O)NC(CO)C(=O)O. The number of nitrogens with zero attached hydrogens (tertiary/aromatic N) is 1. The standard InChI is InChI=1S/C22H29N7O8/c23-14(6-12-8-25-10-26-12)19(33)27-16(7-18(24)32)21(35)28-15(5-11-1-3-13(31)4-2-11)20(34)29-17(9-30)22(36)37/h1-4,8,10,14-17,30-31H,5-7,9,23H2,(H2,24,32)(H,25,26)(H,27,33)(H,28,35)(H,29,34)(H,36,37). The molecule has 37 heavy (non-hydrogen) atoms. The van der Waals surface area contributed by atoms with E-state index in [1.165, 1.54) is 36.8 Å². The molecule has 11 N–H and O–H groups in total. The highest BCUT2D eigenvalue weighted by Crippen LogP contribution is 2.12. The fourth-order valence-electron chi connectivity index (χ4n) is 3.22. The van der Waals surface area contributed by atoms with Gasteiger partial charge in [0.15, 0.2) is 0 Å². The summed E-state index contributed by atoms with van der Waals surface area (Å²) in [6.45, 7) is -0.907. The van der Waals surface area contributed by atoms with Crippen molar-refractivity contribution < 1.29 is 39.3 Å². The average Bonchev–Trinajstić information content (AvgIpc) is 3.35. The van der Waals surface area contributed by atoms with Crippen molar-refractivity contribution in [2.45, 2.75) is 43.4 Å². The van der Waals surface area contributed by atoms with Crippen molar-refractivity contribution in [2.24, 2.45) is 11.5 Å². The zero-order chi connectivity index (χ0) is 27.5. The molecule has 0 fully saturated rings. The monoisotopic (exact) mass is 519 g/mol. The maximum absolute atomic E-state index is 13.0. The first kappa shape index (κ1) is 28.7. The third-order valence-corrected chi connectivity index (χ3v) is 5.18. The van der Waals surface area contributed by atoms with Crippen LogP contribution >= 0.6 is 0 Å². The van der Waals surface area contributed by atoms with Gasteiger partial charge in [-0.2, -0.15) is 0 Å². The summed E-state index contributed by atoms with van der Waals surface area (Å²) >= 11 is 0. The summed E-state index contributed by atoms with van der Waals surface area (Å²) in [5, 5.41) is 34.7. The molecule has 0 aliphatic carbocycles. The zero-order valence-electron chi connectivity index (χ0n) is 19.6. The van der Waals surface area contributed by atoms with E-state index in [1.807, 2.05) is 0 Å². The molecule has 0 bridgehead atoms. The number of phenols is 1. The molecule has 1 aromatic carbocycles. The number of nitrogens with one attached hydrogen (secondary N) is 4. The molecule has 4 unspecified atom stereocenters. The van der Waals surface area contributed by atoms with Crippen molar-refractivity contribution in [2.75, 3.05) is 6.61 Å². The second-order valence-electron chi connectivity index (χ2n) is 8.13. The fourth-order valence-corrected chi connectivity index (χ4v) is 3.22. The van der Waals surface area contributed by atoms with E-state index in [0.717, 1.165) is 0 Å². The Kier molecular flexibility index (Phi) is 10.5. The lowest BCUT2D eigenvalue weighted by Crippen LogP contribution is -2.58. The summed E-state index contributed by atoms with van der Waals surface area (Å²) in [4.78, 5) is 67.8. The average molecular weight is 520 g/mol. The molecule has 1 heterocycles. The predicted molar refractivity (Wildman–Crippen MR) is 126 cm³/mol. The van der Waals surface area contributed by atoms with Gasteiger partial charge in [-0.15, -0.1) is 0 Å². The van der Waals surface area contributed by atoms with E-state index in [9.17, 15) is 34.2 Å². The molecule has 0 aliphatic heterocycles. The molecule has 0 saturated carbocycles. The molecule has 4 amide bonds. The number of rotatable bonds is 14. The Morgan fingerprint density at radius 2 is 1.51 bits per heavy atom. The number of aliphatic hydroxyl groups excluding tert-OH is 1. The van der Waals surface area contributed by atoms with Gasteiger partial charge in [0.2, 0.25) is 23.6 Å². The Hall–Kier alpha value is -4.50. The van der Waals surface area contributed by atoms with Crippen LogP contribution < -0.4 is 27.4 Å². The lowest BCUT2D eigenvalue weighted by atomic mass is 10.0. The smallest absolute Gasteiger partial charge is 0.328 e. The third kappa shape index (κ3) is 9.23. The van der Waals surface area contributed by atoms with E-state index in [0.29, 0.717) is 11.3 Å². The summed E-state index contributed by atoms with van der Waals surface area (Å²) in [6.07, 6.45) is 2.14. The Labute approximate surface area is 210 Å². The minimum atomic E-state index is -1.65. The van der Waals surface area contributed by atoms with Crippen molar-refractivity contribution in [3.63, 3.8) is 0 Å². The number of hydrogen-bond donors (Lipinski definition) is 9. The minimum Gasteiger partial charge on any atom is -0.508 e. The van der Waals surface area contributed by atoms with Crippen molar-refractivity contribution in [3.8, 4) is 5.75 Å². The summed E-state index contributed by atoms with van der Waals surface area (Å²) in [6, 6.07) is -0.0145. The molecule has 1 aromatic heterocycles. The number of amides is 4. The van der Waals surface area contributed by atoms with Gasteiger partial charge in [-0.05, 0) is 17.7 Å². The number of aromatic nitrogens is 2. The topological polar surface area (TPSA) is 263 Å². The molecule has 4 atom stereocenters. The second kappa shape index (κ2) is 13.6. The number of hydrogen-bond acceptors (Lipinski definition) is 9. The molecule has 0 aliphatic rings. The van der Waals surface area contributed by atoms with Gasteiger partial charge in [-0.3, -0.25) is 19.2 Å². The minimum absolute atomic E-state index is 0.0456. The number of aromatic hydroxyl groups is 1. The first-order chi connectivity index (χ1) is 17.5. The van der Waals surface area contributed by atoms with Crippen LogP contribution in [0.15, 0.2) is 36.8 Å². The van der Waals surface area contributed by atoms with Gasteiger partial charge in [0, 0.05) is 24.7 Å². The van der Waals surface area contributed by atoms with E-state index >= 15 is 0 Å². The van der Waals surface area contributed by atoms with E-state index in [1.54, 1.807) is 0 Å². The van der Waals surface area contributed by atoms with Crippen molar-refractivity contribution in [1.82, 2.24) is 25.9 Å². The number of carboxylic acid groups (broad SMARTS) is 1. The molecule has 0 radical (unpaired) electrons. The number of imidazole rings is 1. The molecule has 2 aromatic rings. The number of carbonyl (C=O) groups excluding carboxylic acids is 4. The Bertz CT molecular complexity index is 1090. The van der Waals surface area contributed by atoms with Gasteiger partial charge in [0.05, 0.1) is 25.4 Å². The van der Waals surface area contributed by atoms with Gasteiger partial charge in [-0.25, -0.2) is 9.78 Å². The van der Waals surface area contributed by atoms with Crippen LogP contribution in [0.5, 0.6) is 5.75 Å². The van der Waals surface area contributed by atoms with Crippen LogP contribution in [0.2, 0.25) is 0 Å². The van der Waals surface area contributed by atoms with Crippen molar-refractivity contribution in [3.05, 3.63) is 48.0 Å². The van der Waals surface area contributed by atoms with Crippen molar-refractivity contribution in [1.29, 1.82) is 0 Å². The van der Waals surface area contributed by atoms with Crippen LogP contribution in [0.25, 0.3) is 0 Å². The summed E-state index contributed by atoms with van der Waals surface area (Å²) in [5.41, 5.74) is 12.1. The number of aromatic amines is 1. The quantitative estimate of drug-likeness (QED) is 0.120. The number of aliphatic carboxylic acids is 1. The van der Waals surface area contributed by atoms with E-state index < -0.39 is 66.8 Å². The molecule has 2 rings (SSSR count). The van der Waals surface area contributed by atoms with Crippen LogP contribution in [-0.2, 0) is 36.8 Å². The Morgan fingerprint density at radius 1 is 0.919 bits per heavy atom. The first-order valence-electron chi connectivity index (χ1n) is 11.0. The number of phenolic OH excluding ortho intramolecular Hbond substituents is 1. The van der Waals surface area contributed by atoms with Crippen LogP contribution in [0.1, 0.15) is 17.7 Å². The highest BCUT2D eigenvalue weighted by molar-refractivity contribution is 5.96. The number of benzene rings is 1. The number of nitrogens with two attached hydrogens (primary N) is 2. The molecule has 200 valence electrons. The number of aliphatic hydroxyl groups is 1. The first-order valence-corrected chi connectivity index (χ1v) is 11.0. The van der Waals surface area contributed by atoms with Crippen molar-refractivity contribution >= 4 is 29.6 Å². The van der Waals surface area contributed by atoms with E-state index in [-0.39, 0.29) is 18.6 Å². The van der Waals surface area contributed by atoms with Crippen LogP contribution in [0, 0.1) is 0 Å². The molecule has 0 spiro atoms. The lowest BCUT2D eigenvalue weighted by molar-refractivity contribution is -0.143. The van der Waals surface area contributed by atoms with Crippen LogP contribution in [0.4, 0.5) is 0 Å². The van der Waals surface area contributed by atoms with Gasteiger partial charge in [0.25, 0.3) is 0 Å². The number of primary amides is 1. The molecular weight excluding hydrogens is 490 g/mol. The lowest BCUT2D eigenvalue weighted by Gasteiger charge is -2.24. The van der Waals surface area contributed by atoms with E-state index in [4.69, 9.17) is 16.6 Å². The second-order valence-corrected chi connectivity index (χ2v) is 8.13. The highest BCUT2D eigenvalue weighted by atomic mass is 16.4. The largest absolute Gasteiger partial charge is 0.508 e. The number of H-pyrrole nitrogens is 1. The van der Waals surface area contributed by atoms with Gasteiger partial charge in [0.1, 0.15) is 23.9 Å². The summed E-state index contributed by atoms with van der Waals surface area (Å²) in [7, 11) is 0. The van der Waals surface area contributed by atoms with Crippen LogP contribution in [0.3, 0.4) is 0 Å². The van der Waals surface area contributed by atoms with Gasteiger partial charge >= 0.3 is 5.97 Å². The Balaban J connectivity index is 2.20. The predicted octanol–water partition coefficient (Wildman–Crippen LogP) is -3.37. The highest BCUT2D eigenvalue weighted by Gasteiger charge is 2.31. The van der Waals surface area contributed by atoms with E-state index in [2.05, 4.69) is 25.9 Å².